The number of halogens is 1. The van der Waals surface area contributed by atoms with E-state index in [1.54, 1.807) is 17.6 Å². The van der Waals surface area contributed by atoms with Crippen LogP contribution >= 0.6 is 27.3 Å². The predicted octanol–water partition coefficient (Wildman–Crippen LogP) is 4.58. The maximum absolute atomic E-state index is 12.6. The molecule has 0 atom stereocenters. The fraction of sp³-hybridized carbons (Fsp3) is 0.235. The molecule has 0 aliphatic carbocycles. The highest BCUT2D eigenvalue weighted by atomic mass is 79.9. The number of carbonyl (C=O) groups is 1. The third-order valence-corrected chi connectivity index (χ3v) is 4.96. The summed E-state index contributed by atoms with van der Waals surface area (Å²) >= 11 is 4.96. The summed E-state index contributed by atoms with van der Waals surface area (Å²) in [5, 5.41) is 11.8. The first-order valence-electron chi connectivity index (χ1n) is 7.70. The van der Waals surface area contributed by atoms with E-state index in [4.69, 9.17) is 4.74 Å². The number of benzene rings is 1. The van der Waals surface area contributed by atoms with Crippen LogP contribution in [0.2, 0.25) is 0 Å². The van der Waals surface area contributed by atoms with Crippen molar-refractivity contribution in [1.82, 2.24) is 15.2 Å². The van der Waals surface area contributed by atoms with Crippen molar-refractivity contribution >= 4 is 38.9 Å². The van der Waals surface area contributed by atoms with Gasteiger partial charge < -0.3 is 10.1 Å². The van der Waals surface area contributed by atoms with E-state index < -0.39 is 0 Å². The quantitative estimate of drug-likeness (QED) is 0.611. The molecule has 0 radical (unpaired) electrons. The standard InChI is InChI=1S/C17H17BrN4O2S/c1-10(2)15-14(18)16(22-21-15)17(23)20-12-5-3-4-6-13(12)24-7-11-8-25-9-19-11/h3-6,8-10H,7H2,1-2H3,(H,20,23)(H,21,22). The Balaban J connectivity index is 1.75. The Labute approximate surface area is 157 Å². The molecule has 2 aromatic heterocycles. The van der Waals surface area contributed by atoms with Crippen LogP contribution in [0.1, 0.15) is 41.6 Å². The smallest absolute Gasteiger partial charge is 0.277 e. The fourth-order valence-electron chi connectivity index (χ4n) is 2.21. The zero-order valence-corrected chi connectivity index (χ0v) is 16.1. The molecule has 0 saturated heterocycles. The molecular weight excluding hydrogens is 404 g/mol. The van der Waals surface area contributed by atoms with Gasteiger partial charge in [-0.3, -0.25) is 9.89 Å². The SMILES string of the molecule is CC(C)c1[nH]nc(C(=O)Nc2ccccc2OCc2cscn2)c1Br. The van der Waals surface area contributed by atoms with Gasteiger partial charge in [0.1, 0.15) is 12.4 Å². The Bertz CT molecular complexity index is 861. The van der Waals surface area contributed by atoms with E-state index in [0.29, 0.717) is 28.2 Å². The van der Waals surface area contributed by atoms with Crippen molar-refractivity contribution in [2.24, 2.45) is 0 Å². The lowest BCUT2D eigenvalue weighted by atomic mass is 10.1. The average Bonchev–Trinajstić information content (AvgIpc) is 3.23. The molecule has 25 heavy (non-hydrogen) atoms. The maximum Gasteiger partial charge on any atom is 0.277 e. The minimum Gasteiger partial charge on any atom is -0.485 e. The molecule has 0 unspecified atom stereocenters. The van der Waals surface area contributed by atoms with E-state index in [1.165, 1.54) is 11.3 Å². The normalized spacial score (nSPS) is 10.9. The number of amides is 1. The first-order chi connectivity index (χ1) is 12.1. The van der Waals surface area contributed by atoms with E-state index in [9.17, 15) is 4.79 Å². The largest absolute Gasteiger partial charge is 0.485 e. The number of rotatable bonds is 6. The Morgan fingerprint density at radius 1 is 1.40 bits per heavy atom. The lowest BCUT2D eigenvalue weighted by molar-refractivity contribution is 0.102. The zero-order valence-electron chi connectivity index (χ0n) is 13.7. The van der Waals surface area contributed by atoms with Crippen molar-refractivity contribution in [2.45, 2.75) is 26.4 Å². The maximum atomic E-state index is 12.6. The van der Waals surface area contributed by atoms with Crippen LogP contribution < -0.4 is 10.1 Å². The lowest BCUT2D eigenvalue weighted by Gasteiger charge is -2.11. The second-order valence-electron chi connectivity index (χ2n) is 5.67. The minimum atomic E-state index is -0.306. The van der Waals surface area contributed by atoms with Crippen LogP contribution in [0.25, 0.3) is 0 Å². The predicted molar refractivity (Wildman–Crippen MR) is 101 cm³/mol. The van der Waals surface area contributed by atoms with Crippen LogP contribution in [-0.2, 0) is 6.61 Å². The molecule has 0 aliphatic heterocycles. The molecule has 1 aromatic carbocycles. The molecule has 2 N–H and O–H groups in total. The average molecular weight is 421 g/mol. The molecule has 0 fully saturated rings. The Morgan fingerprint density at radius 3 is 2.88 bits per heavy atom. The summed E-state index contributed by atoms with van der Waals surface area (Å²) in [7, 11) is 0. The number of para-hydroxylation sites is 2. The Kier molecular flexibility index (Phi) is 5.50. The van der Waals surface area contributed by atoms with Crippen LogP contribution in [0, 0.1) is 0 Å². The lowest BCUT2D eigenvalue weighted by Crippen LogP contribution is -2.14. The van der Waals surface area contributed by atoms with Gasteiger partial charge in [0, 0.05) is 5.38 Å². The molecule has 130 valence electrons. The van der Waals surface area contributed by atoms with Crippen molar-refractivity contribution in [2.75, 3.05) is 5.32 Å². The molecule has 8 heteroatoms. The second kappa shape index (κ2) is 7.79. The van der Waals surface area contributed by atoms with Crippen LogP contribution in [0.3, 0.4) is 0 Å². The summed E-state index contributed by atoms with van der Waals surface area (Å²) in [4.78, 5) is 16.8. The van der Waals surface area contributed by atoms with E-state index in [0.717, 1.165) is 11.4 Å². The van der Waals surface area contributed by atoms with E-state index in [-0.39, 0.29) is 11.8 Å². The Morgan fingerprint density at radius 2 is 2.20 bits per heavy atom. The van der Waals surface area contributed by atoms with E-state index >= 15 is 0 Å². The molecule has 0 saturated carbocycles. The van der Waals surface area contributed by atoms with Gasteiger partial charge in [-0.25, -0.2) is 4.98 Å². The number of ether oxygens (including phenoxy) is 1. The summed E-state index contributed by atoms with van der Waals surface area (Å²) < 4.78 is 6.46. The number of nitrogens with zero attached hydrogens (tertiary/aromatic N) is 2. The topological polar surface area (TPSA) is 79.9 Å². The van der Waals surface area contributed by atoms with E-state index in [1.807, 2.05) is 31.4 Å². The van der Waals surface area contributed by atoms with Gasteiger partial charge in [0.05, 0.1) is 27.1 Å². The van der Waals surface area contributed by atoms with Crippen molar-refractivity contribution in [3.05, 3.63) is 56.7 Å². The van der Waals surface area contributed by atoms with Gasteiger partial charge in [0.2, 0.25) is 0 Å². The van der Waals surface area contributed by atoms with Gasteiger partial charge >= 0.3 is 0 Å². The van der Waals surface area contributed by atoms with Gasteiger partial charge in [-0.15, -0.1) is 11.3 Å². The van der Waals surface area contributed by atoms with Crippen LogP contribution in [0.5, 0.6) is 5.75 Å². The van der Waals surface area contributed by atoms with Crippen molar-refractivity contribution in [3.8, 4) is 5.75 Å². The Hall–Kier alpha value is -2.19. The number of aromatic amines is 1. The zero-order chi connectivity index (χ0) is 17.8. The van der Waals surface area contributed by atoms with Crippen molar-refractivity contribution in [3.63, 3.8) is 0 Å². The molecule has 0 bridgehead atoms. The number of hydrogen-bond acceptors (Lipinski definition) is 5. The van der Waals surface area contributed by atoms with Crippen LogP contribution in [0.15, 0.2) is 39.6 Å². The molecule has 0 spiro atoms. The monoisotopic (exact) mass is 420 g/mol. The van der Waals surface area contributed by atoms with Crippen LogP contribution in [0.4, 0.5) is 5.69 Å². The molecule has 3 rings (SSSR count). The third kappa shape index (κ3) is 4.08. The summed E-state index contributed by atoms with van der Waals surface area (Å²) in [6.45, 7) is 4.41. The molecule has 2 heterocycles. The van der Waals surface area contributed by atoms with Gasteiger partial charge in [0.25, 0.3) is 5.91 Å². The fourth-order valence-corrected chi connectivity index (χ4v) is 3.57. The summed E-state index contributed by atoms with van der Waals surface area (Å²) in [5.41, 5.74) is 4.40. The number of nitrogens with one attached hydrogen (secondary N) is 2. The number of aromatic nitrogens is 3. The summed E-state index contributed by atoms with van der Waals surface area (Å²) in [5.74, 6) is 0.511. The highest BCUT2D eigenvalue weighted by Crippen LogP contribution is 2.28. The van der Waals surface area contributed by atoms with Gasteiger partial charge in [0.15, 0.2) is 5.69 Å². The number of carbonyl (C=O) groups excluding carboxylic acids is 1. The minimum absolute atomic E-state index is 0.233. The van der Waals surface area contributed by atoms with Crippen LogP contribution in [-0.4, -0.2) is 21.1 Å². The van der Waals surface area contributed by atoms with E-state index in [2.05, 4.69) is 36.4 Å². The van der Waals surface area contributed by atoms with Gasteiger partial charge in [-0.05, 0) is 34.0 Å². The number of anilines is 1. The summed E-state index contributed by atoms with van der Waals surface area (Å²) in [6, 6.07) is 7.29. The van der Waals surface area contributed by atoms with Gasteiger partial charge in [-0.2, -0.15) is 5.10 Å². The molecular formula is C17H17BrN4O2S. The van der Waals surface area contributed by atoms with Crippen molar-refractivity contribution < 1.29 is 9.53 Å². The highest BCUT2D eigenvalue weighted by Gasteiger charge is 2.20. The molecule has 6 nitrogen and oxygen atoms in total. The summed E-state index contributed by atoms with van der Waals surface area (Å²) in [6.07, 6.45) is 0. The molecule has 0 aliphatic rings. The van der Waals surface area contributed by atoms with Crippen molar-refractivity contribution in [1.29, 1.82) is 0 Å². The van der Waals surface area contributed by atoms with Gasteiger partial charge in [-0.1, -0.05) is 26.0 Å². The molecule has 1 amide bonds. The molecule has 3 aromatic rings. The number of thiazole rings is 1. The number of hydrogen-bond donors (Lipinski definition) is 2. The first-order valence-corrected chi connectivity index (χ1v) is 9.44. The third-order valence-electron chi connectivity index (χ3n) is 3.52. The highest BCUT2D eigenvalue weighted by molar-refractivity contribution is 9.10. The number of H-pyrrole nitrogens is 1. The second-order valence-corrected chi connectivity index (χ2v) is 7.18. The first kappa shape index (κ1) is 17.6.